The van der Waals surface area contributed by atoms with E-state index in [0.29, 0.717) is 19.5 Å². The van der Waals surface area contributed by atoms with Crippen molar-refractivity contribution in [3.63, 3.8) is 0 Å². The number of methoxy groups -OCH3 is 1. The first-order valence-corrected chi connectivity index (χ1v) is 11.6. The van der Waals surface area contributed by atoms with Gasteiger partial charge >= 0.3 is 5.97 Å². The van der Waals surface area contributed by atoms with E-state index in [9.17, 15) is 15.0 Å². The molecule has 8 heteroatoms. The number of benzene rings is 1. The third kappa shape index (κ3) is 5.93. The second kappa shape index (κ2) is 11.1. The molecule has 1 unspecified atom stereocenters. The molecule has 1 aliphatic heterocycles. The van der Waals surface area contributed by atoms with Crippen molar-refractivity contribution < 1.29 is 19.7 Å². The molecule has 178 valence electrons. The quantitative estimate of drug-likeness (QED) is 0.441. The van der Waals surface area contributed by atoms with Crippen LogP contribution in [0.5, 0.6) is 5.75 Å². The van der Waals surface area contributed by atoms with Crippen LogP contribution in [0.1, 0.15) is 43.0 Å². The first-order valence-electron chi connectivity index (χ1n) is 11.6. The molecule has 0 amide bonds. The van der Waals surface area contributed by atoms with Crippen molar-refractivity contribution in [3.8, 4) is 17.6 Å². The van der Waals surface area contributed by atoms with Crippen molar-refractivity contribution >= 4 is 16.9 Å². The molecule has 1 saturated heterocycles. The van der Waals surface area contributed by atoms with Gasteiger partial charge in [-0.1, -0.05) is 5.92 Å². The van der Waals surface area contributed by atoms with E-state index >= 15 is 0 Å². The van der Waals surface area contributed by atoms with E-state index < -0.39 is 12.1 Å². The van der Waals surface area contributed by atoms with Gasteiger partial charge in [0.05, 0.1) is 25.3 Å². The van der Waals surface area contributed by atoms with Crippen LogP contribution < -0.4 is 4.74 Å². The number of pyridine rings is 1. The predicted molar refractivity (Wildman–Crippen MR) is 128 cm³/mol. The predicted octanol–water partition coefficient (Wildman–Crippen LogP) is 3.24. The molecule has 4 rings (SSSR count). The number of likely N-dealkylation sites (tertiary alicyclic amines) is 1. The average Bonchev–Trinajstić information content (AvgIpc) is 3.36. The minimum Gasteiger partial charge on any atom is -0.497 e. The third-order valence-corrected chi connectivity index (χ3v) is 6.59. The lowest BCUT2D eigenvalue weighted by Gasteiger charge is -2.37. The standard InChI is InChI=1S/C26H30N4O4/c1-34-21-5-6-24-23(16-21)22(9-11-27-24)25(31)7-4-18-10-14-30(17-19(18)15-26(32)33)13-2-3-20-8-12-28-29-20/h5-6,8-9,11-12,16,18-19,25,31H,4,7,10,13-15,17H2,1H3,(H,28,29)(H,32,33)/t18-,19+,25?/m1/s1. The molecule has 0 spiro atoms. The minimum atomic E-state index is -0.784. The monoisotopic (exact) mass is 462 g/mol. The summed E-state index contributed by atoms with van der Waals surface area (Å²) in [6.45, 7) is 2.15. The second-order valence-corrected chi connectivity index (χ2v) is 8.79. The molecule has 3 heterocycles. The van der Waals surface area contributed by atoms with Gasteiger partial charge in [-0.05, 0) is 79.5 Å². The van der Waals surface area contributed by atoms with Crippen molar-refractivity contribution in [2.45, 2.75) is 31.8 Å². The number of aliphatic hydroxyl groups is 1. The number of aromatic amines is 1. The van der Waals surface area contributed by atoms with Crippen LogP contribution in [-0.2, 0) is 4.79 Å². The van der Waals surface area contributed by atoms with Crippen LogP contribution in [0.4, 0.5) is 0 Å². The molecule has 1 aliphatic rings. The number of nitrogens with one attached hydrogen (secondary N) is 1. The molecule has 3 N–H and O–H groups in total. The molecule has 3 atom stereocenters. The van der Waals surface area contributed by atoms with Crippen molar-refractivity contribution in [1.82, 2.24) is 20.1 Å². The molecule has 8 nitrogen and oxygen atoms in total. The van der Waals surface area contributed by atoms with Gasteiger partial charge in [-0.15, -0.1) is 0 Å². The number of ether oxygens (including phenoxy) is 1. The molecule has 0 bridgehead atoms. The van der Waals surface area contributed by atoms with E-state index in [0.717, 1.165) is 47.3 Å². The zero-order chi connectivity index (χ0) is 23.9. The summed E-state index contributed by atoms with van der Waals surface area (Å²) in [5.74, 6) is 6.40. The van der Waals surface area contributed by atoms with E-state index in [1.807, 2.05) is 30.3 Å². The highest BCUT2D eigenvalue weighted by Crippen LogP contribution is 2.34. The van der Waals surface area contributed by atoms with Gasteiger partial charge < -0.3 is 14.9 Å². The fraction of sp³-hybridized carbons (Fsp3) is 0.423. The number of hydrogen-bond acceptors (Lipinski definition) is 6. The maximum atomic E-state index is 11.5. The molecular formula is C26H30N4O4. The number of aliphatic hydroxyl groups excluding tert-OH is 1. The van der Waals surface area contributed by atoms with E-state index in [1.165, 1.54) is 0 Å². The zero-order valence-electron chi connectivity index (χ0n) is 19.3. The lowest BCUT2D eigenvalue weighted by molar-refractivity contribution is -0.139. The Morgan fingerprint density at radius 3 is 2.94 bits per heavy atom. The van der Waals surface area contributed by atoms with Crippen LogP contribution in [0.2, 0.25) is 0 Å². The Kier molecular flexibility index (Phi) is 7.78. The Morgan fingerprint density at radius 2 is 2.18 bits per heavy atom. The number of nitrogens with zero attached hydrogens (tertiary/aromatic N) is 3. The fourth-order valence-electron chi connectivity index (χ4n) is 4.80. The van der Waals surface area contributed by atoms with Crippen molar-refractivity contribution in [2.75, 3.05) is 26.7 Å². The Bertz CT molecular complexity index is 1170. The first-order chi connectivity index (χ1) is 16.5. The minimum absolute atomic E-state index is 0.0293. The third-order valence-electron chi connectivity index (χ3n) is 6.59. The number of carboxylic acids is 1. The van der Waals surface area contributed by atoms with Crippen LogP contribution in [-0.4, -0.2) is 63.0 Å². The lowest BCUT2D eigenvalue weighted by Crippen LogP contribution is -2.41. The Labute approximate surface area is 199 Å². The number of fused-ring (bicyclic) bond motifs is 1. The van der Waals surface area contributed by atoms with Crippen molar-refractivity contribution in [1.29, 1.82) is 0 Å². The SMILES string of the molecule is COc1ccc2nccc(C(O)CC[C@@H]3CCN(CC#Cc4ccn[nH]4)C[C@@H]3CC(=O)O)c2c1. The van der Waals surface area contributed by atoms with E-state index in [4.69, 9.17) is 4.74 Å². The van der Waals surface area contributed by atoms with E-state index in [-0.39, 0.29) is 18.3 Å². The number of piperidine rings is 1. The topological polar surface area (TPSA) is 112 Å². The molecule has 0 aliphatic carbocycles. The molecular weight excluding hydrogens is 432 g/mol. The normalized spacial score (nSPS) is 19.4. The van der Waals surface area contributed by atoms with E-state index in [1.54, 1.807) is 19.5 Å². The Morgan fingerprint density at radius 1 is 1.29 bits per heavy atom. The lowest BCUT2D eigenvalue weighted by atomic mass is 9.79. The highest BCUT2D eigenvalue weighted by Gasteiger charge is 2.31. The van der Waals surface area contributed by atoms with E-state index in [2.05, 4.69) is 31.9 Å². The number of aromatic nitrogens is 3. The number of carbonyl (C=O) groups is 1. The van der Waals surface area contributed by atoms with Gasteiger partial charge in [-0.2, -0.15) is 5.10 Å². The molecule has 0 saturated carbocycles. The number of rotatable bonds is 8. The summed E-state index contributed by atoms with van der Waals surface area (Å²) >= 11 is 0. The number of aliphatic carboxylic acids is 1. The highest BCUT2D eigenvalue weighted by molar-refractivity contribution is 5.83. The summed E-state index contributed by atoms with van der Waals surface area (Å²) < 4.78 is 5.34. The Hall–Kier alpha value is -3.41. The largest absolute Gasteiger partial charge is 0.497 e. The Balaban J connectivity index is 1.39. The first kappa shape index (κ1) is 23.7. The smallest absolute Gasteiger partial charge is 0.303 e. The van der Waals surface area contributed by atoms with Gasteiger partial charge in [0.15, 0.2) is 0 Å². The number of hydrogen-bond donors (Lipinski definition) is 3. The van der Waals surface area contributed by atoms with Gasteiger partial charge in [0, 0.05) is 30.7 Å². The molecule has 2 aromatic heterocycles. The van der Waals surface area contributed by atoms with Crippen LogP contribution in [0.15, 0.2) is 42.7 Å². The molecule has 1 aromatic carbocycles. The van der Waals surface area contributed by atoms with Crippen LogP contribution in [0.25, 0.3) is 10.9 Å². The zero-order valence-corrected chi connectivity index (χ0v) is 19.3. The molecule has 1 fully saturated rings. The van der Waals surface area contributed by atoms with Crippen LogP contribution in [0.3, 0.4) is 0 Å². The second-order valence-electron chi connectivity index (χ2n) is 8.79. The summed E-state index contributed by atoms with van der Waals surface area (Å²) in [6.07, 6.45) is 5.07. The van der Waals surface area contributed by atoms with Crippen molar-refractivity contribution in [2.24, 2.45) is 11.8 Å². The number of carboxylic acid groups (broad SMARTS) is 1. The molecule has 34 heavy (non-hydrogen) atoms. The van der Waals surface area contributed by atoms with Crippen LogP contribution in [0, 0.1) is 23.7 Å². The summed E-state index contributed by atoms with van der Waals surface area (Å²) in [5.41, 5.74) is 2.41. The van der Waals surface area contributed by atoms with Crippen LogP contribution >= 0.6 is 0 Å². The van der Waals surface area contributed by atoms with Crippen molar-refractivity contribution in [3.05, 3.63) is 54.0 Å². The fourth-order valence-corrected chi connectivity index (χ4v) is 4.80. The summed E-state index contributed by atoms with van der Waals surface area (Å²) in [7, 11) is 1.62. The van der Waals surface area contributed by atoms with Gasteiger partial charge in [-0.3, -0.25) is 19.8 Å². The maximum Gasteiger partial charge on any atom is 0.303 e. The van der Waals surface area contributed by atoms with Gasteiger partial charge in [0.25, 0.3) is 0 Å². The highest BCUT2D eigenvalue weighted by atomic mass is 16.5. The summed E-state index contributed by atoms with van der Waals surface area (Å²) in [4.78, 5) is 18.1. The summed E-state index contributed by atoms with van der Waals surface area (Å²) in [5, 5.41) is 28.1. The maximum absolute atomic E-state index is 11.5. The average molecular weight is 463 g/mol. The molecule has 3 aromatic rings. The van der Waals surface area contributed by atoms with Gasteiger partial charge in [0.1, 0.15) is 11.4 Å². The van der Waals surface area contributed by atoms with Gasteiger partial charge in [0.2, 0.25) is 0 Å². The van der Waals surface area contributed by atoms with Gasteiger partial charge in [-0.25, -0.2) is 0 Å². The molecule has 0 radical (unpaired) electrons. The number of H-pyrrole nitrogens is 1. The summed E-state index contributed by atoms with van der Waals surface area (Å²) in [6, 6.07) is 9.31.